The molecule has 1 aliphatic rings. The molecule has 1 fully saturated rings. The van der Waals surface area contributed by atoms with Gasteiger partial charge in [-0.15, -0.1) is 0 Å². The van der Waals surface area contributed by atoms with Gasteiger partial charge in [0, 0.05) is 27.3 Å². The highest BCUT2D eigenvalue weighted by molar-refractivity contribution is 7.80. The summed E-state index contributed by atoms with van der Waals surface area (Å²) in [6.07, 6.45) is 1.81. The Morgan fingerprint density at radius 3 is 2.47 bits per heavy atom. The summed E-state index contributed by atoms with van der Waals surface area (Å²) in [5.41, 5.74) is 1.74. The number of hydrogen-bond donors (Lipinski definition) is 0. The Hall–Kier alpha value is -1.88. The summed E-state index contributed by atoms with van der Waals surface area (Å²) in [7, 11) is 5.49. The van der Waals surface area contributed by atoms with Gasteiger partial charge >= 0.3 is 0 Å². The zero-order chi connectivity index (χ0) is 14.0. The molecule has 0 N–H and O–H groups in total. The number of rotatable bonds is 3. The number of thiocarbonyl (C=S) groups is 1. The van der Waals surface area contributed by atoms with E-state index < -0.39 is 0 Å². The van der Waals surface area contributed by atoms with Crippen LogP contribution in [0.15, 0.2) is 42.2 Å². The maximum absolute atomic E-state index is 12.2. The van der Waals surface area contributed by atoms with E-state index in [1.54, 1.807) is 13.2 Å². The van der Waals surface area contributed by atoms with Gasteiger partial charge in [-0.2, -0.15) is 0 Å². The van der Waals surface area contributed by atoms with Crippen molar-refractivity contribution < 1.29 is 4.79 Å². The Labute approximate surface area is 118 Å². The SMILES string of the molecule is CN(C)/C=C1\C(=O)N(C)C(=S)N1Cc1ccccc1. The highest BCUT2D eigenvalue weighted by Gasteiger charge is 2.35. The summed E-state index contributed by atoms with van der Waals surface area (Å²) in [5.74, 6) is -0.0605. The van der Waals surface area contributed by atoms with Crippen molar-refractivity contribution in [2.24, 2.45) is 0 Å². The minimum absolute atomic E-state index is 0.0605. The fourth-order valence-corrected chi connectivity index (χ4v) is 2.19. The molecule has 0 unspecified atom stereocenters. The standard InChI is InChI=1S/C14H17N3OS/c1-15(2)10-12-13(18)16(3)14(19)17(12)9-11-7-5-4-6-8-11/h4-8,10H,9H2,1-3H3/b12-10+. The van der Waals surface area contributed by atoms with Crippen LogP contribution in [0.3, 0.4) is 0 Å². The molecule has 1 aliphatic heterocycles. The number of carbonyl (C=O) groups is 1. The molecule has 0 aromatic heterocycles. The van der Waals surface area contributed by atoms with Crippen LogP contribution in [-0.2, 0) is 11.3 Å². The first-order valence-corrected chi connectivity index (χ1v) is 6.43. The lowest BCUT2D eigenvalue weighted by Crippen LogP contribution is -2.29. The highest BCUT2D eigenvalue weighted by Crippen LogP contribution is 2.22. The van der Waals surface area contributed by atoms with Crippen LogP contribution in [0.4, 0.5) is 0 Å². The van der Waals surface area contributed by atoms with Crippen LogP contribution in [0.1, 0.15) is 5.56 Å². The second-order valence-corrected chi connectivity index (χ2v) is 5.06. The molecule has 0 radical (unpaired) electrons. The van der Waals surface area contributed by atoms with E-state index in [1.807, 2.05) is 54.2 Å². The highest BCUT2D eigenvalue weighted by atomic mass is 32.1. The van der Waals surface area contributed by atoms with Crippen LogP contribution < -0.4 is 0 Å². The molecule has 1 aromatic rings. The molecule has 0 saturated carbocycles. The van der Waals surface area contributed by atoms with Gasteiger partial charge in [-0.3, -0.25) is 9.69 Å². The van der Waals surface area contributed by atoms with Crippen molar-refractivity contribution >= 4 is 23.2 Å². The summed E-state index contributed by atoms with van der Waals surface area (Å²) < 4.78 is 0. The van der Waals surface area contributed by atoms with Crippen LogP contribution in [0.2, 0.25) is 0 Å². The lowest BCUT2D eigenvalue weighted by atomic mass is 10.2. The molecule has 5 heteroatoms. The first-order valence-electron chi connectivity index (χ1n) is 6.02. The monoisotopic (exact) mass is 275 g/mol. The van der Waals surface area contributed by atoms with Crippen molar-refractivity contribution in [1.29, 1.82) is 0 Å². The summed E-state index contributed by atoms with van der Waals surface area (Å²) in [5, 5.41) is 0.543. The molecule has 100 valence electrons. The van der Waals surface area contributed by atoms with Crippen molar-refractivity contribution in [2.45, 2.75) is 6.54 Å². The maximum atomic E-state index is 12.2. The van der Waals surface area contributed by atoms with Gasteiger partial charge in [0.15, 0.2) is 5.11 Å². The predicted molar refractivity (Wildman–Crippen MR) is 79.1 cm³/mol. The summed E-state index contributed by atoms with van der Waals surface area (Å²) >= 11 is 5.34. The number of carbonyl (C=O) groups excluding carboxylic acids is 1. The Bertz CT molecular complexity index is 525. The zero-order valence-electron chi connectivity index (χ0n) is 11.3. The third-order valence-corrected chi connectivity index (χ3v) is 3.39. The van der Waals surface area contributed by atoms with E-state index in [1.165, 1.54) is 4.90 Å². The largest absolute Gasteiger partial charge is 0.382 e. The number of likely N-dealkylation sites (N-methyl/N-ethyl adjacent to an activating group) is 1. The smallest absolute Gasteiger partial charge is 0.277 e. The predicted octanol–water partition coefficient (Wildman–Crippen LogP) is 1.65. The van der Waals surface area contributed by atoms with E-state index in [0.29, 0.717) is 17.4 Å². The molecule has 1 aromatic carbocycles. The van der Waals surface area contributed by atoms with Crippen LogP contribution in [0.5, 0.6) is 0 Å². The fraction of sp³-hybridized carbons (Fsp3) is 0.286. The molecule has 1 amide bonds. The van der Waals surface area contributed by atoms with Gasteiger partial charge in [-0.1, -0.05) is 30.3 Å². The number of hydrogen-bond acceptors (Lipinski definition) is 3. The molecule has 4 nitrogen and oxygen atoms in total. The molecule has 2 rings (SSSR count). The van der Waals surface area contributed by atoms with Crippen molar-refractivity contribution in [3.8, 4) is 0 Å². The van der Waals surface area contributed by atoms with Gasteiger partial charge in [0.2, 0.25) is 0 Å². The Kier molecular flexibility index (Phi) is 3.85. The molecule has 1 heterocycles. The number of benzene rings is 1. The Balaban J connectivity index is 2.30. The molecule has 1 saturated heterocycles. The van der Waals surface area contributed by atoms with Gasteiger partial charge in [-0.05, 0) is 17.8 Å². The molecule has 0 spiro atoms. The van der Waals surface area contributed by atoms with E-state index in [9.17, 15) is 4.79 Å². The summed E-state index contributed by atoms with van der Waals surface area (Å²) in [4.78, 5) is 17.4. The van der Waals surface area contributed by atoms with E-state index in [-0.39, 0.29) is 5.91 Å². The third kappa shape index (κ3) is 2.76. The third-order valence-electron chi connectivity index (χ3n) is 2.90. The first-order chi connectivity index (χ1) is 9.00. The molecular weight excluding hydrogens is 258 g/mol. The topological polar surface area (TPSA) is 26.8 Å². The Morgan fingerprint density at radius 1 is 1.26 bits per heavy atom. The molecule has 19 heavy (non-hydrogen) atoms. The number of nitrogens with zero attached hydrogens (tertiary/aromatic N) is 3. The average molecular weight is 275 g/mol. The van der Waals surface area contributed by atoms with E-state index in [4.69, 9.17) is 12.2 Å². The fourth-order valence-electron chi connectivity index (χ4n) is 1.95. The van der Waals surface area contributed by atoms with Gasteiger partial charge in [-0.25, -0.2) is 0 Å². The van der Waals surface area contributed by atoms with Crippen LogP contribution in [-0.4, -0.2) is 46.9 Å². The molecule has 0 aliphatic carbocycles. The van der Waals surface area contributed by atoms with Crippen molar-refractivity contribution in [3.63, 3.8) is 0 Å². The minimum Gasteiger partial charge on any atom is -0.382 e. The van der Waals surface area contributed by atoms with Crippen molar-refractivity contribution in [2.75, 3.05) is 21.1 Å². The zero-order valence-corrected chi connectivity index (χ0v) is 12.1. The van der Waals surface area contributed by atoms with Crippen LogP contribution in [0.25, 0.3) is 0 Å². The van der Waals surface area contributed by atoms with E-state index in [0.717, 1.165) is 5.56 Å². The van der Waals surface area contributed by atoms with Gasteiger partial charge in [0.05, 0.1) is 6.54 Å². The first kappa shape index (κ1) is 13.5. The minimum atomic E-state index is -0.0605. The number of amides is 1. The van der Waals surface area contributed by atoms with Crippen molar-refractivity contribution in [1.82, 2.24) is 14.7 Å². The summed E-state index contributed by atoms with van der Waals surface area (Å²) in [6.45, 7) is 0.607. The average Bonchev–Trinajstić information content (AvgIpc) is 2.57. The van der Waals surface area contributed by atoms with Crippen molar-refractivity contribution in [3.05, 3.63) is 47.8 Å². The molecule has 0 atom stereocenters. The second kappa shape index (κ2) is 5.40. The molecular formula is C14H17N3OS. The normalized spacial score (nSPS) is 17.5. The maximum Gasteiger partial charge on any atom is 0.277 e. The second-order valence-electron chi connectivity index (χ2n) is 4.70. The lowest BCUT2D eigenvalue weighted by Gasteiger charge is -2.19. The summed E-state index contributed by atoms with van der Waals surface area (Å²) in [6, 6.07) is 9.99. The molecule has 0 bridgehead atoms. The van der Waals surface area contributed by atoms with Crippen LogP contribution in [0, 0.1) is 0 Å². The van der Waals surface area contributed by atoms with Gasteiger partial charge in [0.25, 0.3) is 5.91 Å². The van der Waals surface area contributed by atoms with E-state index >= 15 is 0 Å². The quantitative estimate of drug-likeness (QED) is 0.619. The van der Waals surface area contributed by atoms with E-state index in [2.05, 4.69) is 0 Å². The van der Waals surface area contributed by atoms with Crippen LogP contribution >= 0.6 is 12.2 Å². The Morgan fingerprint density at radius 2 is 1.89 bits per heavy atom. The van der Waals surface area contributed by atoms with Gasteiger partial charge in [0.1, 0.15) is 5.70 Å². The lowest BCUT2D eigenvalue weighted by molar-refractivity contribution is -0.121. The van der Waals surface area contributed by atoms with Gasteiger partial charge < -0.3 is 9.80 Å².